The van der Waals surface area contributed by atoms with E-state index in [4.69, 9.17) is 10.2 Å². The first-order valence-electron chi connectivity index (χ1n) is 5.57. The van der Waals surface area contributed by atoms with Crippen LogP contribution in [-0.4, -0.2) is 11.5 Å². The van der Waals surface area contributed by atoms with Gasteiger partial charge in [-0.15, -0.1) is 0 Å². The summed E-state index contributed by atoms with van der Waals surface area (Å²) in [6.45, 7) is 0.667. The maximum atomic E-state index is 11.1. The maximum Gasteiger partial charge on any atom is 0.417 e. The second-order valence-corrected chi connectivity index (χ2v) is 4.56. The van der Waals surface area contributed by atoms with Crippen molar-refractivity contribution in [3.05, 3.63) is 34.3 Å². The lowest BCUT2D eigenvalue weighted by atomic mass is 9.64. The fourth-order valence-corrected chi connectivity index (χ4v) is 2.50. The summed E-state index contributed by atoms with van der Waals surface area (Å²) in [7, 11) is 0. The lowest BCUT2D eigenvalue weighted by Gasteiger charge is -2.41. The van der Waals surface area contributed by atoms with E-state index in [-0.39, 0.29) is 5.41 Å². The number of H-pyrrole nitrogens is 1. The van der Waals surface area contributed by atoms with E-state index in [9.17, 15) is 4.79 Å². The van der Waals surface area contributed by atoms with Gasteiger partial charge in [0.1, 0.15) is 0 Å². The molecule has 1 heterocycles. The molecule has 1 aliphatic carbocycles. The van der Waals surface area contributed by atoms with Gasteiger partial charge in [-0.2, -0.15) is 0 Å². The fourth-order valence-electron chi connectivity index (χ4n) is 2.50. The molecule has 0 bridgehead atoms. The summed E-state index contributed by atoms with van der Waals surface area (Å²) in [4.78, 5) is 13.7. The molecule has 0 spiro atoms. The SMILES string of the molecule is NCC1(c2ccc3oc(=O)[nH]c3c2)CCC1. The summed E-state index contributed by atoms with van der Waals surface area (Å²) >= 11 is 0. The first-order chi connectivity index (χ1) is 7.73. The fraction of sp³-hybridized carbons (Fsp3) is 0.417. The molecule has 16 heavy (non-hydrogen) atoms. The van der Waals surface area contributed by atoms with Gasteiger partial charge in [0, 0.05) is 12.0 Å². The Hall–Kier alpha value is -1.55. The Morgan fingerprint density at radius 3 is 2.88 bits per heavy atom. The highest BCUT2D eigenvalue weighted by Gasteiger charge is 2.37. The number of oxazole rings is 1. The van der Waals surface area contributed by atoms with Gasteiger partial charge in [0.2, 0.25) is 0 Å². The van der Waals surface area contributed by atoms with Crippen LogP contribution in [0.5, 0.6) is 0 Å². The van der Waals surface area contributed by atoms with E-state index in [1.54, 1.807) is 0 Å². The summed E-state index contributed by atoms with van der Waals surface area (Å²) in [5.41, 5.74) is 8.57. The van der Waals surface area contributed by atoms with Crippen molar-refractivity contribution in [3.8, 4) is 0 Å². The first-order valence-corrected chi connectivity index (χ1v) is 5.57. The number of fused-ring (bicyclic) bond motifs is 1. The Bertz CT molecular complexity index is 572. The van der Waals surface area contributed by atoms with Crippen LogP contribution >= 0.6 is 0 Å². The van der Waals surface area contributed by atoms with Gasteiger partial charge in [-0.05, 0) is 30.5 Å². The third-order valence-electron chi connectivity index (χ3n) is 3.73. The van der Waals surface area contributed by atoms with Gasteiger partial charge in [-0.3, -0.25) is 4.98 Å². The molecule has 0 atom stereocenters. The van der Waals surface area contributed by atoms with Gasteiger partial charge in [0.25, 0.3) is 0 Å². The van der Waals surface area contributed by atoms with Crippen LogP contribution in [0.2, 0.25) is 0 Å². The minimum Gasteiger partial charge on any atom is -0.408 e. The van der Waals surface area contributed by atoms with Gasteiger partial charge in [-0.25, -0.2) is 4.79 Å². The third-order valence-corrected chi connectivity index (χ3v) is 3.73. The van der Waals surface area contributed by atoms with Gasteiger partial charge in [0.05, 0.1) is 5.52 Å². The molecule has 0 amide bonds. The predicted molar refractivity (Wildman–Crippen MR) is 61.4 cm³/mol. The summed E-state index contributed by atoms with van der Waals surface area (Å²) in [5, 5.41) is 0. The van der Waals surface area contributed by atoms with Crippen LogP contribution in [0.1, 0.15) is 24.8 Å². The Kier molecular flexibility index (Phi) is 1.94. The Morgan fingerprint density at radius 2 is 2.25 bits per heavy atom. The average molecular weight is 218 g/mol. The summed E-state index contributed by atoms with van der Waals surface area (Å²) in [6, 6.07) is 5.86. The van der Waals surface area contributed by atoms with Crippen LogP contribution in [0.25, 0.3) is 11.1 Å². The van der Waals surface area contributed by atoms with E-state index in [2.05, 4.69) is 4.98 Å². The first kappa shape index (κ1) is 9.66. The largest absolute Gasteiger partial charge is 0.417 e. The minimum absolute atomic E-state index is 0.127. The topological polar surface area (TPSA) is 72.0 Å². The summed E-state index contributed by atoms with van der Waals surface area (Å²) in [6.07, 6.45) is 3.51. The molecular formula is C12H14N2O2. The summed E-state index contributed by atoms with van der Waals surface area (Å²) < 4.78 is 4.98. The van der Waals surface area contributed by atoms with E-state index in [1.807, 2.05) is 18.2 Å². The monoisotopic (exact) mass is 218 g/mol. The molecule has 84 valence electrons. The van der Waals surface area contributed by atoms with Gasteiger partial charge in [-0.1, -0.05) is 12.5 Å². The standard InChI is InChI=1S/C12H14N2O2/c13-7-12(4-1-5-12)8-2-3-10-9(6-8)14-11(15)16-10/h2-3,6H,1,4-5,7,13H2,(H,14,15). The van der Waals surface area contributed by atoms with Crippen molar-refractivity contribution in [3.63, 3.8) is 0 Å². The zero-order chi connectivity index (χ0) is 11.2. The van der Waals surface area contributed by atoms with Crippen molar-refractivity contribution in [2.75, 3.05) is 6.54 Å². The Balaban J connectivity index is 2.14. The van der Waals surface area contributed by atoms with Crippen LogP contribution < -0.4 is 11.5 Å². The van der Waals surface area contributed by atoms with Crippen molar-refractivity contribution >= 4 is 11.1 Å². The zero-order valence-electron chi connectivity index (χ0n) is 8.95. The number of aromatic amines is 1. The quantitative estimate of drug-likeness (QED) is 0.802. The Labute approximate surface area is 92.4 Å². The second-order valence-electron chi connectivity index (χ2n) is 4.56. The molecule has 0 aliphatic heterocycles. The van der Waals surface area contributed by atoms with Crippen LogP contribution in [-0.2, 0) is 5.41 Å². The lowest BCUT2D eigenvalue weighted by molar-refractivity contribution is 0.253. The molecule has 3 rings (SSSR count). The smallest absolute Gasteiger partial charge is 0.408 e. The predicted octanol–water partition coefficient (Wildman–Crippen LogP) is 1.50. The molecule has 1 aliphatic rings. The number of nitrogens with one attached hydrogen (secondary N) is 1. The molecule has 0 radical (unpaired) electrons. The highest BCUT2D eigenvalue weighted by atomic mass is 16.4. The summed E-state index contributed by atoms with van der Waals surface area (Å²) in [5.74, 6) is -0.400. The van der Waals surface area contributed by atoms with E-state index >= 15 is 0 Å². The Morgan fingerprint density at radius 1 is 1.44 bits per heavy atom. The molecular weight excluding hydrogens is 204 g/mol. The molecule has 2 aromatic rings. The number of rotatable bonds is 2. The number of benzene rings is 1. The van der Waals surface area contributed by atoms with Crippen molar-refractivity contribution in [1.29, 1.82) is 0 Å². The molecule has 0 saturated heterocycles. The molecule has 3 N–H and O–H groups in total. The van der Waals surface area contributed by atoms with E-state index in [0.29, 0.717) is 12.1 Å². The minimum atomic E-state index is -0.400. The van der Waals surface area contributed by atoms with Gasteiger partial charge >= 0.3 is 5.76 Å². The molecule has 4 heteroatoms. The molecule has 1 aromatic carbocycles. The van der Waals surface area contributed by atoms with Gasteiger partial charge < -0.3 is 10.2 Å². The number of nitrogens with two attached hydrogens (primary N) is 1. The second kappa shape index (κ2) is 3.22. The van der Waals surface area contributed by atoms with Crippen LogP contribution in [0, 0.1) is 0 Å². The maximum absolute atomic E-state index is 11.1. The van der Waals surface area contributed by atoms with E-state index < -0.39 is 5.76 Å². The van der Waals surface area contributed by atoms with Crippen molar-refractivity contribution in [1.82, 2.24) is 4.98 Å². The lowest BCUT2D eigenvalue weighted by Crippen LogP contribution is -2.41. The number of hydrogen-bond donors (Lipinski definition) is 2. The third kappa shape index (κ3) is 1.23. The normalized spacial score (nSPS) is 18.6. The zero-order valence-corrected chi connectivity index (χ0v) is 8.95. The van der Waals surface area contributed by atoms with E-state index in [1.165, 1.54) is 12.0 Å². The highest BCUT2D eigenvalue weighted by Crippen LogP contribution is 2.43. The molecule has 1 aromatic heterocycles. The van der Waals surface area contributed by atoms with Gasteiger partial charge in [0.15, 0.2) is 5.58 Å². The molecule has 1 fully saturated rings. The van der Waals surface area contributed by atoms with Crippen LogP contribution in [0.4, 0.5) is 0 Å². The van der Waals surface area contributed by atoms with Crippen LogP contribution in [0.3, 0.4) is 0 Å². The van der Waals surface area contributed by atoms with E-state index in [0.717, 1.165) is 18.4 Å². The van der Waals surface area contributed by atoms with Crippen molar-refractivity contribution in [2.45, 2.75) is 24.7 Å². The molecule has 1 saturated carbocycles. The highest BCUT2D eigenvalue weighted by molar-refractivity contribution is 5.73. The average Bonchev–Trinajstić information content (AvgIpc) is 2.56. The van der Waals surface area contributed by atoms with Crippen molar-refractivity contribution < 1.29 is 4.42 Å². The number of hydrogen-bond acceptors (Lipinski definition) is 3. The number of aromatic nitrogens is 1. The van der Waals surface area contributed by atoms with Crippen molar-refractivity contribution in [2.24, 2.45) is 5.73 Å². The van der Waals surface area contributed by atoms with Crippen LogP contribution in [0.15, 0.2) is 27.4 Å². The molecule has 4 nitrogen and oxygen atoms in total. The molecule has 0 unspecified atom stereocenters.